The van der Waals surface area contributed by atoms with Crippen LogP contribution in [-0.4, -0.2) is 55.4 Å². The standard InChI is InChI=1S/C34H37Cl2FN4O4/c1-19-7-10-22(37)17-23(19)30-34(25-11-8-21(36)16-27(25)39-32(34)44)26(18-29(42)40-30)24-15-20(35)9-12-28(24)45-33(2,3)31(43)38-13-6-14-41(4)5/h7-12,15-17,26,30H,6,13-14,18H2,1-5H3,(H,38,43)(H,39,44)(H,40,42)/t26-,30+,34-/m1/s1. The zero-order valence-electron chi connectivity index (χ0n) is 25.9. The maximum atomic E-state index is 14.8. The molecule has 3 amide bonds. The molecule has 3 N–H and O–H groups in total. The van der Waals surface area contributed by atoms with Crippen molar-refractivity contribution in [1.82, 2.24) is 15.5 Å². The lowest BCUT2D eigenvalue weighted by atomic mass is 9.59. The summed E-state index contributed by atoms with van der Waals surface area (Å²) in [5, 5.41) is 9.71. The van der Waals surface area contributed by atoms with E-state index in [2.05, 4.69) is 16.0 Å². The normalized spacial score (nSPS) is 21.0. The molecule has 2 aliphatic heterocycles. The molecule has 0 aliphatic carbocycles. The van der Waals surface area contributed by atoms with Gasteiger partial charge in [-0.1, -0.05) is 35.3 Å². The maximum absolute atomic E-state index is 14.8. The minimum absolute atomic E-state index is 0.103. The van der Waals surface area contributed by atoms with Gasteiger partial charge in [0.1, 0.15) is 17.0 Å². The van der Waals surface area contributed by atoms with Gasteiger partial charge in [-0.3, -0.25) is 14.4 Å². The summed E-state index contributed by atoms with van der Waals surface area (Å²) < 4.78 is 21.2. The van der Waals surface area contributed by atoms with E-state index in [-0.39, 0.29) is 24.1 Å². The van der Waals surface area contributed by atoms with Gasteiger partial charge < -0.3 is 25.6 Å². The third kappa shape index (κ3) is 6.26. The molecule has 5 rings (SSSR count). The molecule has 0 radical (unpaired) electrons. The van der Waals surface area contributed by atoms with Crippen molar-refractivity contribution in [3.63, 3.8) is 0 Å². The van der Waals surface area contributed by atoms with Crippen LogP contribution in [0, 0.1) is 12.7 Å². The number of nitrogens with zero attached hydrogens (tertiary/aromatic N) is 1. The van der Waals surface area contributed by atoms with Crippen LogP contribution in [-0.2, 0) is 19.8 Å². The van der Waals surface area contributed by atoms with E-state index in [9.17, 15) is 18.8 Å². The average molecular weight is 656 g/mol. The van der Waals surface area contributed by atoms with Gasteiger partial charge in [-0.05, 0) is 107 Å². The lowest BCUT2D eigenvalue weighted by molar-refractivity contribution is -0.135. The molecule has 3 aromatic carbocycles. The van der Waals surface area contributed by atoms with Gasteiger partial charge in [0.25, 0.3) is 5.91 Å². The first kappa shape index (κ1) is 32.7. The Balaban J connectivity index is 1.65. The third-order valence-electron chi connectivity index (χ3n) is 8.63. The summed E-state index contributed by atoms with van der Waals surface area (Å²) in [5.41, 5.74) is -0.0307. The predicted molar refractivity (Wildman–Crippen MR) is 173 cm³/mol. The zero-order valence-corrected chi connectivity index (χ0v) is 27.4. The van der Waals surface area contributed by atoms with E-state index in [1.54, 1.807) is 56.3 Å². The number of carbonyl (C=O) groups is 3. The minimum atomic E-state index is -1.45. The van der Waals surface area contributed by atoms with Gasteiger partial charge in [0.05, 0.1) is 6.04 Å². The number of amides is 3. The largest absolute Gasteiger partial charge is 0.478 e. The van der Waals surface area contributed by atoms with E-state index < -0.39 is 28.8 Å². The van der Waals surface area contributed by atoms with E-state index in [1.165, 1.54) is 12.1 Å². The van der Waals surface area contributed by atoms with E-state index in [0.29, 0.717) is 50.3 Å². The monoisotopic (exact) mass is 654 g/mol. The lowest BCUT2D eigenvalue weighted by Gasteiger charge is -2.47. The molecule has 0 bridgehead atoms. The molecule has 1 fully saturated rings. The third-order valence-corrected chi connectivity index (χ3v) is 9.10. The van der Waals surface area contributed by atoms with Crippen LogP contribution in [0.3, 0.4) is 0 Å². The fraction of sp³-hybridized carbons (Fsp3) is 0.382. The number of hydrogen-bond donors (Lipinski definition) is 3. The molecule has 2 aliphatic rings. The number of piperidine rings is 1. The molecule has 1 saturated heterocycles. The molecule has 2 heterocycles. The van der Waals surface area contributed by atoms with Gasteiger partial charge in [0.2, 0.25) is 11.8 Å². The van der Waals surface area contributed by atoms with Crippen molar-refractivity contribution in [2.45, 2.75) is 56.6 Å². The average Bonchev–Trinajstić information content (AvgIpc) is 3.25. The Bertz CT molecular complexity index is 1660. The van der Waals surface area contributed by atoms with Crippen LogP contribution in [0.2, 0.25) is 10.0 Å². The second-order valence-electron chi connectivity index (χ2n) is 12.5. The highest BCUT2D eigenvalue weighted by Gasteiger charge is 2.62. The number of halogens is 3. The summed E-state index contributed by atoms with van der Waals surface area (Å²) in [5.74, 6) is -2.06. The van der Waals surface area contributed by atoms with Gasteiger partial charge in [0.15, 0.2) is 5.60 Å². The molecule has 8 nitrogen and oxygen atoms in total. The van der Waals surface area contributed by atoms with Crippen LogP contribution in [0.25, 0.3) is 0 Å². The molecule has 0 unspecified atom stereocenters. The maximum Gasteiger partial charge on any atom is 0.263 e. The summed E-state index contributed by atoms with van der Waals surface area (Å²) >= 11 is 12.9. The first-order valence-corrected chi connectivity index (χ1v) is 15.6. The molecular weight excluding hydrogens is 618 g/mol. The Hall–Kier alpha value is -3.66. The number of nitrogens with one attached hydrogen (secondary N) is 3. The van der Waals surface area contributed by atoms with Gasteiger partial charge in [-0.25, -0.2) is 4.39 Å². The molecule has 3 atom stereocenters. The number of rotatable bonds is 9. The summed E-state index contributed by atoms with van der Waals surface area (Å²) in [6, 6.07) is 13.4. The smallest absolute Gasteiger partial charge is 0.263 e. The molecule has 1 spiro atoms. The quantitative estimate of drug-likeness (QED) is 0.250. The highest BCUT2D eigenvalue weighted by molar-refractivity contribution is 6.31. The minimum Gasteiger partial charge on any atom is -0.478 e. The SMILES string of the molecule is Cc1ccc(F)cc1[C@@H]1NC(=O)C[C@H](c2cc(Cl)ccc2OC(C)(C)C(=O)NCCCN(C)C)[C@@]12C(=O)Nc1cc(Cl)ccc12. The van der Waals surface area contributed by atoms with Gasteiger partial charge in [-0.2, -0.15) is 0 Å². The molecule has 45 heavy (non-hydrogen) atoms. The summed E-state index contributed by atoms with van der Waals surface area (Å²) in [6.07, 6.45) is 0.661. The molecule has 0 aromatic heterocycles. The second-order valence-corrected chi connectivity index (χ2v) is 13.4. The van der Waals surface area contributed by atoms with E-state index in [4.69, 9.17) is 27.9 Å². The Kier molecular flexibility index (Phi) is 9.18. The Morgan fingerprint density at radius 2 is 1.78 bits per heavy atom. The van der Waals surface area contributed by atoms with E-state index >= 15 is 0 Å². The fourth-order valence-electron chi connectivity index (χ4n) is 6.46. The van der Waals surface area contributed by atoms with Crippen LogP contribution < -0.4 is 20.7 Å². The van der Waals surface area contributed by atoms with Crippen molar-refractivity contribution in [1.29, 1.82) is 0 Å². The van der Waals surface area contributed by atoms with Gasteiger partial charge in [0, 0.05) is 40.2 Å². The topological polar surface area (TPSA) is 99.8 Å². The molecular formula is C34H37Cl2FN4O4. The highest BCUT2D eigenvalue weighted by Crippen LogP contribution is 2.59. The van der Waals surface area contributed by atoms with Crippen molar-refractivity contribution in [2.75, 3.05) is 32.5 Å². The summed E-state index contributed by atoms with van der Waals surface area (Å²) in [7, 11) is 3.93. The van der Waals surface area contributed by atoms with Crippen LogP contribution in [0.1, 0.15) is 60.9 Å². The number of carbonyl (C=O) groups excluding carboxylic acids is 3. The molecule has 238 valence electrons. The van der Waals surface area contributed by atoms with Crippen molar-refractivity contribution in [2.24, 2.45) is 0 Å². The summed E-state index contributed by atoms with van der Waals surface area (Å²) in [4.78, 5) is 43.3. The number of benzene rings is 3. The zero-order chi connectivity index (χ0) is 32.7. The van der Waals surface area contributed by atoms with Crippen LogP contribution >= 0.6 is 23.2 Å². The lowest BCUT2D eigenvalue weighted by Crippen LogP contribution is -2.57. The van der Waals surface area contributed by atoms with Crippen molar-refractivity contribution < 1.29 is 23.5 Å². The number of ether oxygens (including phenoxy) is 1. The van der Waals surface area contributed by atoms with Gasteiger partial charge >= 0.3 is 0 Å². The van der Waals surface area contributed by atoms with Crippen LogP contribution in [0.4, 0.5) is 10.1 Å². The van der Waals surface area contributed by atoms with Gasteiger partial charge in [-0.15, -0.1) is 0 Å². The molecule has 0 saturated carbocycles. The molecule has 11 heteroatoms. The van der Waals surface area contributed by atoms with Crippen molar-refractivity contribution >= 4 is 46.6 Å². The number of fused-ring (bicyclic) bond motifs is 2. The Labute approximate surface area is 272 Å². The predicted octanol–water partition coefficient (Wildman–Crippen LogP) is 5.90. The Morgan fingerprint density at radius 1 is 1.07 bits per heavy atom. The second kappa shape index (κ2) is 12.6. The Morgan fingerprint density at radius 3 is 2.51 bits per heavy atom. The van der Waals surface area contributed by atoms with Crippen molar-refractivity contribution in [3.05, 3.63) is 92.7 Å². The van der Waals surface area contributed by atoms with Crippen molar-refractivity contribution in [3.8, 4) is 5.75 Å². The van der Waals surface area contributed by atoms with E-state index in [1.807, 2.05) is 25.9 Å². The number of aryl methyl sites for hydroxylation is 1. The number of hydrogen-bond acceptors (Lipinski definition) is 5. The van der Waals surface area contributed by atoms with Crippen LogP contribution in [0.15, 0.2) is 54.6 Å². The van der Waals surface area contributed by atoms with Crippen LogP contribution in [0.5, 0.6) is 5.75 Å². The first-order valence-electron chi connectivity index (χ1n) is 14.8. The first-order chi connectivity index (χ1) is 21.2. The summed E-state index contributed by atoms with van der Waals surface area (Å²) in [6.45, 7) is 6.41. The van der Waals surface area contributed by atoms with E-state index in [0.717, 1.165) is 13.0 Å². The molecule has 3 aromatic rings. The fourth-order valence-corrected chi connectivity index (χ4v) is 6.81. The number of anilines is 1. The highest BCUT2D eigenvalue weighted by atomic mass is 35.5.